The Labute approximate surface area is 332 Å². The Balaban J connectivity index is 2.42. The summed E-state index contributed by atoms with van der Waals surface area (Å²) in [6, 6.07) is 0. The summed E-state index contributed by atoms with van der Waals surface area (Å²) in [6.07, 6.45) is 25.0. The standard InChI is InChI=1S/C42H77O12P/c1-3-5-7-9-11-13-15-16-17-18-19-20-21-23-25-27-29-31-36(43)53-35(33-51-32-30-28-26-24-22-14-12-10-8-6-4-2)34-52-55(49,50)54-42-40(47)38(45)37(44)39(46)41(42)48/h5,7,11,13,16-17,35,37-42,44-48H,3-4,6,8-10,12,14-15,18-34H2,1-2H3,(H,49,50)/b7-5-,13-11-,17-16-. The summed E-state index contributed by atoms with van der Waals surface area (Å²) in [4.78, 5) is 23.1. The number of aliphatic hydroxyl groups is 5. The van der Waals surface area contributed by atoms with Crippen LogP contribution < -0.4 is 0 Å². The summed E-state index contributed by atoms with van der Waals surface area (Å²) < 4.78 is 34.1. The van der Waals surface area contributed by atoms with Crippen LogP contribution in [-0.4, -0.2) is 98.9 Å². The number of aliphatic hydroxyl groups excluding tert-OH is 5. The van der Waals surface area contributed by atoms with Crippen LogP contribution in [0.2, 0.25) is 0 Å². The molecule has 1 rings (SSSR count). The third-order valence-corrected chi connectivity index (χ3v) is 10.8. The van der Waals surface area contributed by atoms with E-state index in [0.29, 0.717) is 13.0 Å². The Morgan fingerprint density at radius 2 is 1.07 bits per heavy atom. The summed E-state index contributed by atoms with van der Waals surface area (Å²) in [5.74, 6) is -0.488. The maximum Gasteiger partial charge on any atom is 0.472 e. The van der Waals surface area contributed by atoms with E-state index >= 15 is 0 Å². The molecule has 0 bridgehead atoms. The monoisotopic (exact) mass is 805 g/mol. The van der Waals surface area contributed by atoms with Crippen molar-refractivity contribution in [1.29, 1.82) is 0 Å². The second-order valence-corrected chi connectivity index (χ2v) is 16.2. The number of unbranched alkanes of at least 4 members (excludes halogenated alkanes) is 17. The van der Waals surface area contributed by atoms with Crippen molar-refractivity contribution >= 4 is 13.8 Å². The van der Waals surface area contributed by atoms with Gasteiger partial charge in [0.1, 0.15) is 42.7 Å². The number of hydrogen-bond donors (Lipinski definition) is 6. The van der Waals surface area contributed by atoms with Gasteiger partial charge < -0.3 is 39.9 Å². The minimum Gasteiger partial charge on any atom is -0.457 e. The molecule has 0 heterocycles. The van der Waals surface area contributed by atoms with Gasteiger partial charge in [0, 0.05) is 13.0 Å². The largest absolute Gasteiger partial charge is 0.472 e. The molecule has 6 atom stereocenters. The first-order valence-corrected chi connectivity index (χ1v) is 22.8. The Morgan fingerprint density at radius 1 is 0.600 bits per heavy atom. The van der Waals surface area contributed by atoms with Gasteiger partial charge in [0.2, 0.25) is 0 Å². The van der Waals surface area contributed by atoms with E-state index < -0.39 is 63.1 Å². The van der Waals surface area contributed by atoms with Crippen LogP contribution in [0.3, 0.4) is 0 Å². The van der Waals surface area contributed by atoms with Crippen LogP contribution in [0, 0.1) is 0 Å². The first-order valence-electron chi connectivity index (χ1n) is 21.3. The SMILES string of the molecule is CC/C=C\C/C=C\C/C=C\CCCCCCCCCC(=O)OC(COCCCCCCCCCCCCC)COP(=O)(O)OC1C(O)C(O)C(O)C(O)C1O. The predicted molar refractivity (Wildman–Crippen MR) is 216 cm³/mol. The first-order chi connectivity index (χ1) is 26.5. The van der Waals surface area contributed by atoms with Gasteiger partial charge in [0.25, 0.3) is 0 Å². The lowest BCUT2D eigenvalue weighted by atomic mass is 9.85. The van der Waals surface area contributed by atoms with Crippen LogP contribution in [0.1, 0.15) is 162 Å². The fourth-order valence-electron chi connectivity index (χ4n) is 6.37. The van der Waals surface area contributed by atoms with Gasteiger partial charge in [-0.15, -0.1) is 0 Å². The number of phosphoric acid groups is 1. The lowest BCUT2D eigenvalue weighted by Crippen LogP contribution is -2.64. The highest BCUT2D eigenvalue weighted by molar-refractivity contribution is 7.47. The number of rotatable bonds is 35. The summed E-state index contributed by atoms with van der Waals surface area (Å²) in [7, 11) is -5.01. The number of esters is 1. The molecule has 0 amide bonds. The third kappa shape index (κ3) is 26.2. The van der Waals surface area contributed by atoms with E-state index in [1.807, 2.05) is 0 Å². The van der Waals surface area contributed by atoms with Gasteiger partial charge in [0.15, 0.2) is 0 Å². The molecule has 13 heteroatoms. The van der Waals surface area contributed by atoms with Crippen molar-refractivity contribution in [2.75, 3.05) is 19.8 Å². The lowest BCUT2D eigenvalue weighted by molar-refractivity contribution is -0.220. The average Bonchev–Trinajstić information content (AvgIpc) is 3.17. The number of phosphoric ester groups is 1. The molecule has 0 spiro atoms. The van der Waals surface area contributed by atoms with E-state index in [2.05, 4.69) is 50.3 Å². The van der Waals surface area contributed by atoms with Crippen molar-refractivity contribution in [3.8, 4) is 0 Å². The predicted octanol–water partition coefficient (Wildman–Crippen LogP) is 7.92. The number of hydrogen-bond acceptors (Lipinski definition) is 11. The van der Waals surface area contributed by atoms with Gasteiger partial charge in [0.05, 0.1) is 13.2 Å². The maximum absolute atomic E-state index is 12.8. The van der Waals surface area contributed by atoms with Gasteiger partial charge in [-0.2, -0.15) is 0 Å². The van der Waals surface area contributed by atoms with E-state index in [1.54, 1.807) is 0 Å². The molecule has 55 heavy (non-hydrogen) atoms. The lowest BCUT2D eigenvalue weighted by Gasteiger charge is -2.41. The fourth-order valence-corrected chi connectivity index (χ4v) is 7.34. The van der Waals surface area contributed by atoms with Crippen molar-refractivity contribution in [3.05, 3.63) is 36.5 Å². The van der Waals surface area contributed by atoms with Gasteiger partial charge in [-0.3, -0.25) is 13.8 Å². The quantitative estimate of drug-likeness (QED) is 0.0157. The zero-order valence-electron chi connectivity index (χ0n) is 34.0. The van der Waals surface area contributed by atoms with Crippen LogP contribution in [0.4, 0.5) is 0 Å². The first kappa shape index (κ1) is 51.6. The smallest absolute Gasteiger partial charge is 0.457 e. The number of carbonyl (C=O) groups is 1. The second-order valence-electron chi connectivity index (χ2n) is 14.8. The minimum absolute atomic E-state index is 0.0790. The Hall–Kier alpha value is -1.44. The molecule has 1 aliphatic rings. The normalized spacial score (nSPS) is 23.6. The van der Waals surface area contributed by atoms with Crippen molar-refractivity contribution in [1.82, 2.24) is 0 Å². The number of ether oxygens (including phenoxy) is 2. The van der Waals surface area contributed by atoms with E-state index in [1.165, 1.54) is 57.8 Å². The molecule has 1 fully saturated rings. The summed E-state index contributed by atoms with van der Waals surface area (Å²) in [5, 5.41) is 50.0. The maximum atomic E-state index is 12.8. The summed E-state index contributed by atoms with van der Waals surface area (Å²) in [5.41, 5.74) is 0. The topological polar surface area (TPSA) is 192 Å². The van der Waals surface area contributed by atoms with Crippen LogP contribution >= 0.6 is 7.82 Å². The highest BCUT2D eigenvalue weighted by Gasteiger charge is 2.51. The fraction of sp³-hybridized carbons (Fsp3) is 0.833. The zero-order chi connectivity index (χ0) is 40.6. The summed E-state index contributed by atoms with van der Waals surface area (Å²) in [6.45, 7) is 4.12. The highest BCUT2D eigenvalue weighted by Crippen LogP contribution is 2.47. The van der Waals surface area contributed by atoms with Crippen LogP contribution in [-0.2, 0) is 27.9 Å². The van der Waals surface area contributed by atoms with Crippen molar-refractivity contribution in [2.45, 2.75) is 204 Å². The molecule has 1 aliphatic carbocycles. The van der Waals surface area contributed by atoms with E-state index in [9.17, 15) is 39.8 Å². The van der Waals surface area contributed by atoms with Crippen molar-refractivity contribution in [3.63, 3.8) is 0 Å². The van der Waals surface area contributed by atoms with Crippen LogP contribution in [0.5, 0.6) is 0 Å². The number of carbonyl (C=O) groups excluding carboxylic acids is 1. The molecule has 0 saturated heterocycles. The second kappa shape index (κ2) is 33.5. The van der Waals surface area contributed by atoms with Gasteiger partial charge in [-0.25, -0.2) is 4.57 Å². The molecule has 6 N–H and O–H groups in total. The minimum atomic E-state index is -5.01. The van der Waals surface area contributed by atoms with Crippen LogP contribution in [0.25, 0.3) is 0 Å². The summed E-state index contributed by atoms with van der Waals surface area (Å²) >= 11 is 0. The van der Waals surface area contributed by atoms with Crippen LogP contribution in [0.15, 0.2) is 36.5 Å². The molecule has 0 radical (unpaired) electrons. The van der Waals surface area contributed by atoms with Gasteiger partial charge >= 0.3 is 13.8 Å². The Kier molecular flexibility index (Phi) is 31.4. The molecule has 0 aliphatic heterocycles. The van der Waals surface area contributed by atoms with Gasteiger partial charge in [-0.1, -0.05) is 147 Å². The molecule has 6 unspecified atom stereocenters. The molecule has 0 aromatic heterocycles. The Bertz CT molecular complexity index is 1050. The molecule has 12 nitrogen and oxygen atoms in total. The van der Waals surface area contributed by atoms with Crippen molar-refractivity contribution < 1.29 is 58.3 Å². The van der Waals surface area contributed by atoms with E-state index in [4.69, 9.17) is 18.5 Å². The average molecular weight is 805 g/mol. The zero-order valence-corrected chi connectivity index (χ0v) is 34.9. The molecule has 322 valence electrons. The molecule has 1 saturated carbocycles. The number of allylic oxidation sites excluding steroid dienone is 6. The van der Waals surface area contributed by atoms with E-state index in [-0.39, 0.29) is 13.0 Å². The molecule has 0 aromatic carbocycles. The molecular formula is C42H77O12P. The van der Waals surface area contributed by atoms with Crippen molar-refractivity contribution in [2.24, 2.45) is 0 Å². The van der Waals surface area contributed by atoms with Gasteiger partial charge in [-0.05, 0) is 44.9 Å². The molecular weight excluding hydrogens is 727 g/mol. The molecule has 0 aromatic rings. The Morgan fingerprint density at radius 3 is 1.64 bits per heavy atom. The third-order valence-electron chi connectivity index (χ3n) is 9.78. The highest BCUT2D eigenvalue weighted by atomic mass is 31.2. The van der Waals surface area contributed by atoms with E-state index in [0.717, 1.165) is 77.0 Å².